The molecule has 1 N–H and O–H groups in total. The van der Waals surface area contributed by atoms with Gasteiger partial charge < -0.3 is 10.0 Å². The number of nitrogens with zero attached hydrogens (tertiary/aromatic N) is 3. The van der Waals surface area contributed by atoms with Gasteiger partial charge >= 0.3 is 0 Å². The highest BCUT2D eigenvalue weighted by Crippen LogP contribution is 2.30. The predicted molar refractivity (Wildman–Crippen MR) is 86.6 cm³/mol. The quantitative estimate of drug-likeness (QED) is 0.925. The fraction of sp³-hybridized carbons (Fsp3) is 0.444. The van der Waals surface area contributed by atoms with Gasteiger partial charge in [0, 0.05) is 42.9 Å². The number of benzene rings is 1. The van der Waals surface area contributed by atoms with Crippen molar-refractivity contribution < 1.29 is 18.7 Å². The topological polar surface area (TPSA) is 58.4 Å². The summed E-state index contributed by atoms with van der Waals surface area (Å²) in [5.74, 6) is -1.87. The Hall–Kier alpha value is -2.28. The van der Waals surface area contributed by atoms with E-state index in [1.54, 1.807) is 9.58 Å². The maximum absolute atomic E-state index is 13.6. The highest BCUT2D eigenvalue weighted by atomic mass is 19.2. The zero-order chi connectivity index (χ0) is 17.6. The fourth-order valence-electron chi connectivity index (χ4n) is 3.76. The Morgan fingerprint density at radius 1 is 1.28 bits per heavy atom. The molecule has 0 spiro atoms. The molecule has 4 rings (SSSR count). The second-order valence-electron chi connectivity index (χ2n) is 6.73. The zero-order valence-corrected chi connectivity index (χ0v) is 13.7. The van der Waals surface area contributed by atoms with Crippen LogP contribution in [0.3, 0.4) is 0 Å². The minimum atomic E-state index is -0.932. The summed E-state index contributed by atoms with van der Waals surface area (Å²) in [6.45, 7) is 1.21. The van der Waals surface area contributed by atoms with Crippen LogP contribution in [0.1, 0.15) is 34.6 Å². The Bertz CT molecular complexity index is 834. The van der Waals surface area contributed by atoms with Gasteiger partial charge in [-0.05, 0) is 37.8 Å². The van der Waals surface area contributed by atoms with Gasteiger partial charge in [0.15, 0.2) is 17.3 Å². The lowest BCUT2D eigenvalue weighted by atomic mass is 10.1. The van der Waals surface area contributed by atoms with Crippen LogP contribution < -0.4 is 0 Å². The van der Waals surface area contributed by atoms with E-state index in [0.717, 1.165) is 49.1 Å². The van der Waals surface area contributed by atoms with Crippen molar-refractivity contribution in [2.24, 2.45) is 5.92 Å². The number of hydrogen-bond donors (Lipinski definition) is 1. The number of aliphatic hydroxyl groups excluding tert-OH is 1. The van der Waals surface area contributed by atoms with Crippen molar-refractivity contribution in [1.82, 2.24) is 14.7 Å². The van der Waals surface area contributed by atoms with Crippen LogP contribution >= 0.6 is 0 Å². The van der Waals surface area contributed by atoms with Crippen LogP contribution in [-0.2, 0) is 12.8 Å². The van der Waals surface area contributed by atoms with Gasteiger partial charge in [-0.1, -0.05) is 0 Å². The van der Waals surface area contributed by atoms with Gasteiger partial charge in [-0.3, -0.25) is 4.79 Å². The van der Waals surface area contributed by atoms with Crippen LogP contribution in [0.15, 0.2) is 18.2 Å². The van der Waals surface area contributed by atoms with Crippen LogP contribution in [0.25, 0.3) is 5.69 Å². The first-order valence-corrected chi connectivity index (χ1v) is 8.55. The molecule has 0 radical (unpaired) electrons. The Balaban J connectivity index is 1.71. The lowest BCUT2D eigenvalue weighted by Gasteiger charge is -2.15. The van der Waals surface area contributed by atoms with E-state index < -0.39 is 11.6 Å². The molecule has 1 fully saturated rings. The number of halogens is 2. The Morgan fingerprint density at radius 3 is 2.84 bits per heavy atom. The molecule has 1 aromatic carbocycles. The number of aromatic nitrogens is 2. The molecule has 1 aliphatic carbocycles. The van der Waals surface area contributed by atoms with Crippen LogP contribution in [-0.4, -0.2) is 45.4 Å². The summed E-state index contributed by atoms with van der Waals surface area (Å²) in [5.41, 5.74) is 2.62. The minimum Gasteiger partial charge on any atom is -0.396 e. The molecule has 132 valence electrons. The minimum absolute atomic E-state index is 0.0746. The largest absolute Gasteiger partial charge is 0.396 e. The fourth-order valence-corrected chi connectivity index (χ4v) is 3.76. The summed E-state index contributed by atoms with van der Waals surface area (Å²) in [7, 11) is 0. The third-order valence-electron chi connectivity index (χ3n) is 5.11. The molecular formula is C18H19F2N3O2. The second-order valence-corrected chi connectivity index (χ2v) is 6.73. The lowest BCUT2D eigenvalue weighted by molar-refractivity contribution is 0.0774. The van der Waals surface area contributed by atoms with Gasteiger partial charge in [0.1, 0.15) is 0 Å². The Kier molecular flexibility index (Phi) is 4.03. The molecule has 1 saturated heterocycles. The van der Waals surface area contributed by atoms with Crippen molar-refractivity contribution >= 4 is 5.91 Å². The number of amides is 1. The lowest BCUT2D eigenvalue weighted by Crippen LogP contribution is -2.30. The highest BCUT2D eigenvalue weighted by Gasteiger charge is 2.33. The average Bonchev–Trinajstić information content (AvgIpc) is 3.32. The van der Waals surface area contributed by atoms with Crippen molar-refractivity contribution in [3.05, 3.63) is 46.8 Å². The number of aliphatic hydroxyl groups is 1. The first-order valence-electron chi connectivity index (χ1n) is 8.55. The van der Waals surface area contributed by atoms with Gasteiger partial charge in [-0.15, -0.1) is 0 Å². The average molecular weight is 347 g/mol. The van der Waals surface area contributed by atoms with Gasteiger partial charge in [-0.25, -0.2) is 13.5 Å². The normalized spacial score (nSPS) is 19.5. The third kappa shape index (κ3) is 2.72. The van der Waals surface area contributed by atoms with E-state index >= 15 is 0 Å². The third-order valence-corrected chi connectivity index (χ3v) is 5.11. The number of carbonyl (C=O) groups is 1. The standard InChI is InChI=1S/C18H19F2N3O2/c19-14-5-4-12(8-15(14)20)23-16-3-1-2-13(16)17(21-23)18(25)22-7-6-11(9-22)10-24/h4-5,8,11,24H,1-3,6-7,9-10H2. The summed E-state index contributed by atoms with van der Waals surface area (Å²) in [6.07, 6.45) is 3.22. The number of fused-ring (bicyclic) bond motifs is 1. The molecule has 2 heterocycles. The number of rotatable bonds is 3. The van der Waals surface area contributed by atoms with Crippen molar-refractivity contribution in [1.29, 1.82) is 0 Å². The summed E-state index contributed by atoms with van der Waals surface area (Å²) in [4.78, 5) is 14.6. The number of hydrogen-bond acceptors (Lipinski definition) is 3. The Morgan fingerprint density at radius 2 is 2.12 bits per heavy atom. The van der Waals surface area contributed by atoms with E-state index in [0.29, 0.717) is 24.5 Å². The van der Waals surface area contributed by atoms with E-state index in [4.69, 9.17) is 0 Å². The summed E-state index contributed by atoms with van der Waals surface area (Å²) in [5, 5.41) is 13.7. The SMILES string of the molecule is O=C(c1nn(-c2ccc(F)c(F)c2)c2c1CCC2)N1CCC(CO)C1. The molecule has 1 atom stereocenters. The maximum Gasteiger partial charge on any atom is 0.274 e. The summed E-state index contributed by atoms with van der Waals surface area (Å²) < 4.78 is 28.4. The highest BCUT2D eigenvalue weighted by molar-refractivity contribution is 5.94. The van der Waals surface area contributed by atoms with E-state index in [-0.39, 0.29) is 18.4 Å². The van der Waals surface area contributed by atoms with Gasteiger partial charge in [-0.2, -0.15) is 5.10 Å². The van der Waals surface area contributed by atoms with Gasteiger partial charge in [0.25, 0.3) is 5.91 Å². The molecule has 7 heteroatoms. The predicted octanol–water partition coefficient (Wildman–Crippen LogP) is 2.09. The molecule has 0 saturated carbocycles. The van der Waals surface area contributed by atoms with Crippen LogP contribution in [0, 0.1) is 17.6 Å². The number of likely N-dealkylation sites (tertiary alicyclic amines) is 1. The van der Waals surface area contributed by atoms with Crippen LogP contribution in [0.2, 0.25) is 0 Å². The molecule has 1 aromatic heterocycles. The molecule has 1 aliphatic heterocycles. The molecule has 1 amide bonds. The van der Waals surface area contributed by atoms with Crippen LogP contribution in [0.5, 0.6) is 0 Å². The van der Waals surface area contributed by atoms with E-state index in [2.05, 4.69) is 5.10 Å². The van der Waals surface area contributed by atoms with Crippen molar-refractivity contribution in [3.8, 4) is 5.69 Å². The molecule has 1 unspecified atom stereocenters. The molecule has 5 nitrogen and oxygen atoms in total. The summed E-state index contributed by atoms with van der Waals surface area (Å²) in [6, 6.07) is 3.64. The smallest absolute Gasteiger partial charge is 0.274 e. The molecular weight excluding hydrogens is 328 g/mol. The van der Waals surface area contributed by atoms with Gasteiger partial charge in [0.2, 0.25) is 0 Å². The maximum atomic E-state index is 13.6. The van der Waals surface area contributed by atoms with E-state index in [1.807, 2.05) is 0 Å². The molecule has 2 aromatic rings. The number of carbonyl (C=O) groups excluding carboxylic acids is 1. The van der Waals surface area contributed by atoms with Gasteiger partial charge in [0.05, 0.1) is 5.69 Å². The monoisotopic (exact) mass is 347 g/mol. The molecule has 0 bridgehead atoms. The van der Waals surface area contributed by atoms with Crippen LogP contribution in [0.4, 0.5) is 8.78 Å². The van der Waals surface area contributed by atoms with Crippen molar-refractivity contribution in [3.63, 3.8) is 0 Å². The van der Waals surface area contributed by atoms with Crippen molar-refractivity contribution in [2.45, 2.75) is 25.7 Å². The van der Waals surface area contributed by atoms with E-state index in [1.165, 1.54) is 6.07 Å². The molecule has 25 heavy (non-hydrogen) atoms. The first-order chi connectivity index (χ1) is 12.1. The molecule has 2 aliphatic rings. The zero-order valence-electron chi connectivity index (χ0n) is 13.7. The summed E-state index contributed by atoms with van der Waals surface area (Å²) >= 11 is 0. The first kappa shape index (κ1) is 16.2. The van der Waals surface area contributed by atoms with Crippen molar-refractivity contribution in [2.75, 3.05) is 19.7 Å². The second kappa shape index (κ2) is 6.22. The van der Waals surface area contributed by atoms with E-state index in [9.17, 15) is 18.7 Å². The Labute approximate surface area is 143 Å².